The number of aliphatic hydroxyl groups is 1. The van der Waals surface area contributed by atoms with Gasteiger partial charge in [0.2, 0.25) is 0 Å². The fourth-order valence-corrected chi connectivity index (χ4v) is 4.04. The van der Waals surface area contributed by atoms with Crippen LogP contribution >= 0.6 is 15.6 Å². The first-order chi connectivity index (χ1) is 12.1. The van der Waals surface area contributed by atoms with Crippen molar-refractivity contribution in [3.8, 4) is 0 Å². The number of ether oxygens (including phenoxy) is 1. The normalized spacial score (nSPS) is 25.3. The van der Waals surface area contributed by atoms with E-state index in [1.807, 2.05) is 0 Å². The van der Waals surface area contributed by atoms with Crippen LogP contribution in [-0.2, 0) is 22.7 Å². The molecule has 0 aliphatic carbocycles. The van der Waals surface area contributed by atoms with Gasteiger partial charge in [-0.05, 0) is 0 Å². The zero-order valence-corrected chi connectivity index (χ0v) is 16.8. The van der Waals surface area contributed by atoms with E-state index < -0.39 is 40.7 Å². The number of phosphoric acid groups is 2. The number of nitrogens with zero attached hydrogens (tertiary/aromatic N) is 4. The summed E-state index contributed by atoms with van der Waals surface area (Å²) in [6.45, 7) is -0.644. The van der Waals surface area contributed by atoms with Gasteiger partial charge < -0.3 is 33.1 Å². The summed E-state index contributed by atoms with van der Waals surface area (Å²) in [4.78, 5) is 38.3. The molecule has 2 aromatic rings. The van der Waals surface area contributed by atoms with Crippen molar-refractivity contribution < 1.29 is 45.3 Å². The van der Waals surface area contributed by atoms with Gasteiger partial charge >= 0.3 is 38.7 Å². The standard InChI is InChI=1S/C10H15N5O9P2.Mg.2H/c11-9-8-10(13-3-12-9)15(4-14-8)7-1-5(16)6(23-7)2-22-26(20,21)24-25(17,18)19;;;/h3-7,16H,1-2H2,(H,20,21)(H2,11,12,13)(H2,17,18,19);;;/q;+2;2*-1/t5-,6+,7+;;;/m0.../s1. The van der Waals surface area contributed by atoms with E-state index in [4.69, 9.17) is 20.3 Å². The summed E-state index contributed by atoms with van der Waals surface area (Å²) >= 11 is 0. The van der Waals surface area contributed by atoms with Gasteiger partial charge in [-0.2, -0.15) is 4.31 Å². The van der Waals surface area contributed by atoms with Gasteiger partial charge in [0.15, 0.2) is 11.5 Å². The summed E-state index contributed by atoms with van der Waals surface area (Å²) in [5.41, 5.74) is 6.41. The third-order valence-electron chi connectivity index (χ3n) is 3.51. The van der Waals surface area contributed by atoms with Crippen LogP contribution in [0, 0.1) is 0 Å². The second kappa shape index (κ2) is 8.35. The second-order valence-electron chi connectivity index (χ2n) is 5.35. The summed E-state index contributed by atoms with van der Waals surface area (Å²) in [6.07, 6.45) is -0.158. The minimum Gasteiger partial charge on any atom is -1.00 e. The Balaban J connectivity index is 0.00000261. The molecule has 0 bridgehead atoms. The van der Waals surface area contributed by atoms with Gasteiger partial charge in [-0.3, -0.25) is 9.09 Å². The Morgan fingerprint density at radius 1 is 1.33 bits per heavy atom. The molecular formula is C10H17MgN5O9P2. The van der Waals surface area contributed by atoms with Crippen LogP contribution < -0.4 is 5.73 Å². The smallest absolute Gasteiger partial charge is 1.00 e. The van der Waals surface area contributed by atoms with Gasteiger partial charge in [0, 0.05) is 6.42 Å². The van der Waals surface area contributed by atoms with Gasteiger partial charge in [-0.25, -0.2) is 24.1 Å². The Morgan fingerprint density at radius 3 is 2.70 bits per heavy atom. The van der Waals surface area contributed by atoms with Gasteiger partial charge in [0.05, 0.1) is 19.0 Å². The van der Waals surface area contributed by atoms with Crippen molar-refractivity contribution in [3.63, 3.8) is 0 Å². The maximum absolute atomic E-state index is 11.5. The van der Waals surface area contributed by atoms with Gasteiger partial charge in [0.1, 0.15) is 24.2 Å². The molecule has 27 heavy (non-hydrogen) atoms. The number of fused-ring (bicyclic) bond motifs is 1. The third-order valence-corrected chi connectivity index (χ3v) is 5.66. The number of aliphatic hydroxyl groups excluding tert-OH is 1. The largest absolute Gasteiger partial charge is 2.00 e. The van der Waals surface area contributed by atoms with Crippen LogP contribution in [-0.4, -0.2) is 81.2 Å². The average molecular weight is 438 g/mol. The van der Waals surface area contributed by atoms with Crippen molar-refractivity contribution >= 4 is 55.7 Å². The molecular weight excluding hydrogens is 420 g/mol. The summed E-state index contributed by atoms with van der Waals surface area (Å²) in [5.74, 6) is 0.169. The fraction of sp³-hybridized carbons (Fsp3) is 0.500. The predicted molar refractivity (Wildman–Crippen MR) is 91.2 cm³/mol. The molecule has 0 saturated carbocycles. The molecule has 4 atom stereocenters. The number of nitrogen functional groups attached to an aromatic ring is 1. The van der Waals surface area contributed by atoms with Crippen LogP contribution in [0.2, 0.25) is 0 Å². The Morgan fingerprint density at radius 2 is 2.04 bits per heavy atom. The summed E-state index contributed by atoms with van der Waals surface area (Å²) in [6, 6.07) is 0. The molecule has 1 unspecified atom stereocenters. The molecule has 148 valence electrons. The van der Waals surface area contributed by atoms with Crippen molar-refractivity contribution in [2.45, 2.75) is 24.9 Å². The maximum Gasteiger partial charge on any atom is 2.00 e. The predicted octanol–water partition coefficient (Wildman–Crippen LogP) is -0.873. The van der Waals surface area contributed by atoms with Crippen LogP contribution in [0.1, 0.15) is 15.5 Å². The number of imidazole rings is 1. The molecule has 14 nitrogen and oxygen atoms in total. The molecule has 0 radical (unpaired) electrons. The molecule has 0 spiro atoms. The van der Waals surface area contributed by atoms with Gasteiger partial charge in [0.25, 0.3) is 0 Å². The number of nitrogens with two attached hydrogens (primary N) is 1. The monoisotopic (exact) mass is 437 g/mol. The Hall–Kier alpha value is -0.704. The molecule has 0 aromatic carbocycles. The first-order valence-corrected chi connectivity index (χ1v) is 10.1. The molecule has 2 aromatic heterocycles. The van der Waals surface area contributed by atoms with Crippen LogP contribution in [0.15, 0.2) is 12.7 Å². The molecule has 0 amide bonds. The van der Waals surface area contributed by atoms with E-state index in [1.54, 1.807) is 0 Å². The molecule has 6 N–H and O–H groups in total. The zero-order valence-electron chi connectivity index (χ0n) is 15.6. The van der Waals surface area contributed by atoms with E-state index in [0.29, 0.717) is 11.2 Å². The van der Waals surface area contributed by atoms with Crippen molar-refractivity contribution in [1.82, 2.24) is 19.5 Å². The third kappa shape index (κ3) is 5.43. The van der Waals surface area contributed by atoms with Crippen LogP contribution in [0.4, 0.5) is 5.82 Å². The summed E-state index contributed by atoms with van der Waals surface area (Å²) in [5, 5.41) is 10.1. The molecule has 17 heteroatoms. The van der Waals surface area contributed by atoms with E-state index in [1.165, 1.54) is 17.2 Å². The number of anilines is 1. The zero-order chi connectivity index (χ0) is 19.1. The topological polar surface area (TPSA) is 212 Å². The molecule has 3 rings (SSSR count). The molecule has 1 saturated heterocycles. The average Bonchev–Trinajstić information content (AvgIpc) is 3.07. The second-order valence-corrected chi connectivity index (χ2v) is 8.18. The van der Waals surface area contributed by atoms with E-state index in [2.05, 4.69) is 23.8 Å². The number of phosphoric ester groups is 1. The van der Waals surface area contributed by atoms with Crippen LogP contribution in [0.3, 0.4) is 0 Å². The number of hydrogen-bond donors (Lipinski definition) is 5. The minimum absolute atomic E-state index is 0. The van der Waals surface area contributed by atoms with Crippen molar-refractivity contribution in [1.29, 1.82) is 0 Å². The number of aromatic nitrogens is 4. The first-order valence-electron chi connectivity index (χ1n) is 7.06. The van der Waals surface area contributed by atoms with Crippen LogP contribution in [0.5, 0.6) is 0 Å². The van der Waals surface area contributed by atoms with E-state index in [-0.39, 0.29) is 38.1 Å². The Kier molecular flexibility index (Phi) is 6.98. The quantitative estimate of drug-likeness (QED) is 0.275. The summed E-state index contributed by atoms with van der Waals surface area (Å²) in [7, 11) is -10.3. The molecule has 1 aliphatic rings. The van der Waals surface area contributed by atoms with Gasteiger partial charge in [-0.1, -0.05) is 0 Å². The van der Waals surface area contributed by atoms with Crippen LogP contribution in [0.25, 0.3) is 11.2 Å². The van der Waals surface area contributed by atoms with Gasteiger partial charge in [-0.15, -0.1) is 0 Å². The van der Waals surface area contributed by atoms with E-state index in [0.717, 1.165) is 0 Å². The van der Waals surface area contributed by atoms with E-state index in [9.17, 15) is 19.1 Å². The van der Waals surface area contributed by atoms with Crippen molar-refractivity contribution in [2.75, 3.05) is 12.3 Å². The van der Waals surface area contributed by atoms with Crippen molar-refractivity contribution in [2.24, 2.45) is 0 Å². The minimum atomic E-state index is -5.23. The number of hydrogen-bond acceptors (Lipinski definition) is 10. The Bertz CT molecular complexity index is 917. The number of rotatable bonds is 6. The summed E-state index contributed by atoms with van der Waals surface area (Å²) < 4.78 is 37.3. The molecule has 1 fully saturated rings. The molecule has 3 heterocycles. The SMILES string of the molecule is Nc1ncnc2c1ncn2[C@H]1C[C@H](O)[C@@H](COP(=O)(O)OP(=O)(O)O)O1.[H-].[H-].[Mg+2]. The Labute approximate surface area is 170 Å². The molecule has 1 aliphatic heterocycles. The maximum atomic E-state index is 11.5. The van der Waals surface area contributed by atoms with Crippen molar-refractivity contribution in [3.05, 3.63) is 12.7 Å². The fourth-order valence-electron chi connectivity index (χ4n) is 2.44. The first kappa shape index (κ1) is 22.6. The van der Waals surface area contributed by atoms with E-state index >= 15 is 0 Å².